The number of benzene rings is 2. The molecule has 0 nitrogen and oxygen atoms in total. The van der Waals surface area contributed by atoms with Gasteiger partial charge in [-0.1, -0.05) is 72.1 Å². The third kappa shape index (κ3) is 3.98. The fourth-order valence-corrected chi connectivity index (χ4v) is 5.03. The van der Waals surface area contributed by atoms with Crippen LogP contribution in [0.4, 0.5) is 4.39 Å². The lowest BCUT2D eigenvalue weighted by atomic mass is 9.79. The summed E-state index contributed by atoms with van der Waals surface area (Å²) in [5.41, 5.74) is 2.04. The lowest BCUT2D eigenvalue weighted by Gasteiger charge is -2.31. The highest BCUT2D eigenvalue weighted by Gasteiger charge is 2.31. The smallest absolute Gasteiger partial charge is 0.137 e. The first kappa shape index (κ1) is 17.6. The van der Waals surface area contributed by atoms with Crippen LogP contribution in [0.1, 0.15) is 11.1 Å². The molecule has 21 heavy (non-hydrogen) atoms. The topological polar surface area (TPSA) is 0 Å². The standard InChI is InChI=1S/C16H13Br4F/c17-9-16(10-18,12-4-2-5-13(19)7-12)8-11-3-1-6-14(21)15(11)20/h1-7H,8-10H2. The molecule has 2 rings (SSSR count). The Kier molecular flexibility index (Phi) is 6.48. The second kappa shape index (κ2) is 7.71. The van der Waals surface area contributed by atoms with Gasteiger partial charge >= 0.3 is 0 Å². The molecular weight excluding hydrogens is 531 g/mol. The Morgan fingerprint density at radius 3 is 2.24 bits per heavy atom. The highest BCUT2D eigenvalue weighted by molar-refractivity contribution is 9.11. The van der Waals surface area contributed by atoms with E-state index in [-0.39, 0.29) is 11.2 Å². The van der Waals surface area contributed by atoms with Crippen LogP contribution in [-0.4, -0.2) is 10.7 Å². The molecule has 0 radical (unpaired) electrons. The molecule has 0 N–H and O–H groups in total. The minimum Gasteiger partial charge on any atom is -0.206 e. The van der Waals surface area contributed by atoms with E-state index in [4.69, 9.17) is 0 Å². The SMILES string of the molecule is Fc1cccc(CC(CBr)(CBr)c2cccc(Br)c2)c1Br. The van der Waals surface area contributed by atoms with Crippen molar-refractivity contribution in [3.63, 3.8) is 0 Å². The second-order valence-corrected chi connectivity index (χ2v) is 7.78. The molecule has 0 aliphatic rings. The van der Waals surface area contributed by atoms with Crippen molar-refractivity contribution in [3.8, 4) is 0 Å². The van der Waals surface area contributed by atoms with Gasteiger partial charge in [0.1, 0.15) is 5.82 Å². The van der Waals surface area contributed by atoms with Crippen LogP contribution in [0, 0.1) is 5.82 Å². The maximum Gasteiger partial charge on any atom is 0.137 e. The van der Waals surface area contributed by atoms with E-state index in [2.05, 4.69) is 75.9 Å². The molecular formula is C16H13Br4F. The number of hydrogen-bond donors (Lipinski definition) is 0. The summed E-state index contributed by atoms with van der Waals surface area (Å²) >= 11 is 14.2. The summed E-state index contributed by atoms with van der Waals surface area (Å²) < 4.78 is 15.3. The molecule has 0 fully saturated rings. The molecule has 2 aromatic carbocycles. The van der Waals surface area contributed by atoms with Gasteiger partial charge in [0.15, 0.2) is 0 Å². The molecule has 0 aliphatic carbocycles. The highest BCUT2D eigenvalue weighted by Crippen LogP contribution is 2.36. The van der Waals surface area contributed by atoms with Crippen LogP contribution in [0.2, 0.25) is 0 Å². The van der Waals surface area contributed by atoms with E-state index >= 15 is 0 Å². The van der Waals surface area contributed by atoms with Crippen molar-refractivity contribution in [1.29, 1.82) is 0 Å². The summed E-state index contributed by atoms with van der Waals surface area (Å²) in [7, 11) is 0. The minimum atomic E-state index is -0.222. The predicted molar refractivity (Wildman–Crippen MR) is 101 cm³/mol. The zero-order valence-corrected chi connectivity index (χ0v) is 17.4. The van der Waals surface area contributed by atoms with E-state index in [1.165, 1.54) is 11.6 Å². The summed E-state index contributed by atoms with van der Waals surface area (Å²) in [6.45, 7) is 0. The van der Waals surface area contributed by atoms with Gasteiger partial charge in [-0.25, -0.2) is 4.39 Å². The molecule has 0 bridgehead atoms. The van der Waals surface area contributed by atoms with Crippen LogP contribution in [0.3, 0.4) is 0 Å². The number of halogens is 5. The van der Waals surface area contributed by atoms with Gasteiger partial charge in [-0.2, -0.15) is 0 Å². The predicted octanol–water partition coefficient (Wildman–Crippen LogP) is 6.62. The molecule has 0 unspecified atom stereocenters. The molecule has 2 aromatic rings. The quantitative estimate of drug-likeness (QED) is 0.372. The Balaban J connectivity index is 2.45. The van der Waals surface area contributed by atoms with Gasteiger partial charge in [-0.3, -0.25) is 0 Å². The van der Waals surface area contributed by atoms with Gasteiger partial charge in [0, 0.05) is 20.5 Å². The van der Waals surface area contributed by atoms with Gasteiger partial charge in [-0.05, 0) is 51.7 Å². The molecule has 0 saturated carbocycles. The van der Waals surface area contributed by atoms with E-state index in [0.29, 0.717) is 4.47 Å². The van der Waals surface area contributed by atoms with Crippen molar-refractivity contribution >= 4 is 63.7 Å². The Hall–Kier alpha value is 0.290. The molecule has 5 heteroatoms. The van der Waals surface area contributed by atoms with Crippen molar-refractivity contribution in [1.82, 2.24) is 0 Å². The van der Waals surface area contributed by atoms with Crippen LogP contribution >= 0.6 is 63.7 Å². The number of rotatable bonds is 5. The van der Waals surface area contributed by atoms with Crippen LogP contribution in [0.25, 0.3) is 0 Å². The summed E-state index contributed by atoms with van der Waals surface area (Å²) in [6.07, 6.45) is 0.734. The van der Waals surface area contributed by atoms with E-state index in [9.17, 15) is 4.39 Å². The average molecular weight is 544 g/mol. The first-order valence-electron chi connectivity index (χ1n) is 6.33. The average Bonchev–Trinajstić information content (AvgIpc) is 2.49. The Morgan fingerprint density at radius 2 is 1.62 bits per heavy atom. The van der Waals surface area contributed by atoms with Gasteiger partial charge in [0.25, 0.3) is 0 Å². The molecule has 112 valence electrons. The first-order chi connectivity index (χ1) is 10.0. The van der Waals surface area contributed by atoms with Gasteiger partial charge in [0.05, 0.1) is 4.47 Å². The molecule has 0 aliphatic heterocycles. The monoisotopic (exact) mass is 540 g/mol. The number of hydrogen-bond acceptors (Lipinski definition) is 0. The van der Waals surface area contributed by atoms with Crippen molar-refractivity contribution in [3.05, 3.63) is 68.4 Å². The van der Waals surface area contributed by atoms with Crippen molar-refractivity contribution < 1.29 is 4.39 Å². The van der Waals surface area contributed by atoms with E-state index in [1.54, 1.807) is 6.07 Å². The first-order valence-corrected chi connectivity index (χ1v) is 10.2. The van der Waals surface area contributed by atoms with Gasteiger partial charge < -0.3 is 0 Å². The van der Waals surface area contributed by atoms with Crippen molar-refractivity contribution in [2.75, 3.05) is 10.7 Å². The zero-order valence-electron chi connectivity index (χ0n) is 11.1. The van der Waals surface area contributed by atoms with Crippen LogP contribution in [-0.2, 0) is 11.8 Å². The Morgan fingerprint density at radius 1 is 0.952 bits per heavy atom. The van der Waals surface area contributed by atoms with E-state index in [0.717, 1.165) is 27.1 Å². The van der Waals surface area contributed by atoms with Crippen LogP contribution < -0.4 is 0 Å². The van der Waals surface area contributed by atoms with Crippen LogP contribution in [0.5, 0.6) is 0 Å². The highest BCUT2D eigenvalue weighted by atomic mass is 79.9. The molecule has 0 aromatic heterocycles. The Bertz CT molecular complexity index is 623. The fraction of sp³-hybridized carbons (Fsp3) is 0.250. The maximum absolute atomic E-state index is 13.8. The lowest BCUT2D eigenvalue weighted by molar-refractivity contribution is 0.544. The van der Waals surface area contributed by atoms with Crippen molar-refractivity contribution in [2.24, 2.45) is 0 Å². The third-order valence-electron chi connectivity index (χ3n) is 3.51. The molecule has 0 heterocycles. The Labute approximate surface area is 158 Å². The summed E-state index contributed by atoms with van der Waals surface area (Å²) in [5.74, 6) is -0.222. The van der Waals surface area contributed by atoms with E-state index in [1.807, 2.05) is 18.2 Å². The molecule has 0 spiro atoms. The second-order valence-electron chi connectivity index (χ2n) is 4.95. The van der Waals surface area contributed by atoms with Gasteiger partial charge in [0.2, 0.25) is 0 Å². The molecule has 0 amide bonds. The molecule has 0 saturated heterocycles. The lowest BCUT2D eigenvalue weighted by Crippen LogP contribution is -2.33. The summed E-state index contributed by atoms with van der Waals surface area (Å²) in [5, 5.41) is 1.56. The number of alkyl halides is 2. The summed E-state index contributed by atoms with van der Waals surface area (Å²) in [4.78, 5) is 0. The van der Waals surface area contributed by atoms with Crippen LogP contribution in [0.15, 0.2) is 51.4 Å². The third-order valence-corrected chi connectivity index (χ3v) is 7.04. The van der Waals surface area contributed by atoms with E-state index < -0.39 is 0 Å². The largest absolute Gasteiger partial charge is 0.206 e. The zero-order chi connectivity index (χ0) is 15.5. The van der Waals surface area contributed by atoms with Crippen molar-refractivity contribution in [2.45, 2.75) is 11.8 Å². The molecule has 0 atom stereocenters. The minimum absolute atomic E-state index is 0.139. The van der Waals surface area contributed by atoms with Gasteiger partial charge in [-0.15, -0.1) is 0 Å². The normalized spacial score (nSPS) is 11.7. The fourth-order valence-electron chi connectivity index (χ4n) is 2.25. The summed E-state index contributed by atoms with van der Waals surface area (Å²) in [6, 6.07) is 13.5. The maximum atomic E-state index is 13.8.